The van der Waals surface area contributed by atoms with Gasteiger partial charge in [0.15, 0.2) is 0 Å². The lowest BCUT2D eigenvalue weighted by Gasteiger charge is -2.21. The van der Waals surface area contributed by atoms with Crippen LogP contribution in [0.15, 0.2) is 0 Å². The van der Waals surface area contributed by atoms with Crippen molar-refractivity contribution in [2.45, 2.75) is 26.1 Å². The molecule has 6 heteroatoms. The Kier molecular flexibility index (Phi) is 7.43. The van der Waals surface area contributed by atoms with Crippen molar-refractivity contribution >= 4 is 5.97 Å². The van der Waals surface area contributed by atoms with E-state index in [4.69, 9.17) is 14.2 Å². The molecule has 1 fully saturated rings. The molecule has 20 heavy (non-hydrogen) atoms. The first-order valence-corrected chi connectivity index (χ1v) is 7.06. The van der Waals surface area contributed by atoms with Gasteiger partial charge in [0.05, 0.1) is 38.4 Å². The van der Waals surface area contributed by atoms with Crippen molar-refractivity contribution in [1.82, 2.24) is 4.90 Å². The number of ether oxygens (including phenoxy) is 3. The van der Waals surface area contributed by atoms with Gasteiger partial charge in [0, 0.05) is 26.7 Å². The molecule has 0 aliphatic carbocycles. The van der Waals surface area contributed by atoms with E-state index >= 15 is 0 Å². The van der Waals surface area contributed by atoms with Gasteiger partial charge in [0.1, 0.15) is 0 Å². The zero-order valence-corrected chi connectivity index (χ0v) is 12.9. The highest BCUT2D eigenvalue weighted by molar-refractivity contribution is 5.73. The van der Waals surface area contributed by atoms with E-state index in [1.165, 1.54) is 7.11 Å². The summed E-state index contributed by atoms with van der Waals surface area (Å²) in [6.07, 6.45) is -0.590. The van der Waals surface area contributed by atoms with Crippen molar-refractivity contribution in [3.05, 3.63) is 0 Å². The van der Waals surface area contributed by atoms with Crippen LogP contribution in [-0.4, -0.2) is 75.3 Å². The number of nitrogens with zero attached hydrogens (tertiary/aromatic N) is 1. The maximum Gasteiger partial charge on any atom is 0.310 e. The summed E-state index contributed by atoms with van der Waals surface area (Å²) in [4.78, 5) is 13.7. The van der Waals surface area contributed by atoms with Gasteiger partial charge in [-0.15, -0.1) is 0 Å². The number of carbonyl (C=O) groups excluding carboxylic acids is 1. The molecule has 1 rings (SSSR count). The van der Waals surface area contributed by atoms with Gasteiger partial charge < -0.3 is 19.3 Å². The van der Waals surface area contributed by atoms with E-state index in [-0.39, 0.29) is 30.5 Å². The van der Waals surface area contributed by atoms with Crippen molar-refractivity contribution in [2.24, 2.45) is 11.8 Å². The van der Waals surface area contributed by atoms with E-state index in [1.54, 1.807) is 7.11 Å². The molecule has 1 N–H and O–H groups in total. The van der Waals surface area contributed by atoms with Crippen molar-refractivity contribution in [3.63, 3.8) is 0 Å². The molecule has 0 aromatic rings. The number of carbonyl (C=O) groups is 1. The largest absolute Gasteiger partial charge is 0.469 e. The number of likely N-dealkylation sites (tertiary alicyclic amines) is 1. The zero-order chi connectivity index (χ0) is 15.1. The van der Waals surface area contributed by atoms with Gasteiger partial charge in [0.2, 0.25) is 0 Å². The summed E-state index contributed by atoms with van der Waals surface area (Å²) in [6, 6.07) is 0. The molecule has 0 radical (unpaired) electrons. The van der Waals surface area contributed by atoms with Crippen LogP contribution in [0, 0.1) is 11.8 Å². The van der Waals surface area contributed by atoms with Crippen molar-refractivity contribution in [2.75, 3.05) is 47.1 Å². The van der Waals surface area contributed by atoms with Crippen LogP contribution in [0.3, 0.4) is 0 Å². The molecule has 0 aromatic carbocycles. The zero-order valence-electron chi connectivity index (χ0n) is 12.9. The second-order valence-corrected chi connectivity index (χ2v) is 5.58. The van der Waals surface area contributed by atoms with E-state index < -0.39 is 6.10 Å². The van der Waals surface area contributed by atoms with Crippen LogP contribution in [0.2, 0.25) is 0 Å². The summed E-state index contributed by atoms with van der Waals surface area (Å²) in [7, 11) is 3.03. The van der Waals surface area contributed by atoms with Gasteiger partial charge in [-0.05, 0) is 12.8 Å². The normalized spacial score (nSPS) is 26.4. The SMILES string of the molecule is COCC(C)OCC(O)CN1CC(C)C(C(=O)OC)C1. The standard InChI is InChI=1S/C14H27NO5/c1-10-5-15(7-13(10)14(17)19-4)6-12(16)9-20-11(2)8-18-3/h10-13,16H,5-9H2,1-4H3. The summed E-state index contributed by atoms with van der Waals surface area (Å²) < 4.78 is 15.2. The Morgan fingerprint density at radius 3 is 2.65 bits per heavy atom. The molecule has 1 aliphatic rings. The molecule has 0 saturated carbocycles. The van der Waals surface area contributed by atoms with Crippen molar-refractivity contribution in [3.8, 4) is 0 Å². The minimum atomic E-state index is -0.557. The molecular weight excluding hydrogens is 262 g/mol. The van der Waals surface area contributed by atoms with Gasteiger partial charge in [0.25, 0.3) is 0 Å². The number of rotatable bonds is 8. The van der Waals surface area contributed by atoms with Crippen LogP contribution in [0.25, 0.3) is 0 Å². The smallest absolute Gasteiger partial charge is 0.310 e. The third-order valence-electron chi connectivity index (χ3n) is 3.64. The van der Waals surface area contributed by atoms with E-state index in [2.05, 4.69) is 4.90 Å². The molecule has 0 amide bonds. The van der Waals surface area contributed by atoms with Gasteiger partial charge in [-0.25, -0.2) is 0 Å². The minimum absolute atomic E-state index is 0.0324. The Hall–Kier alpha value is -0.690. The quantitative estimate of drug-likeness (QED) is 0.641. The number of aliphatic hydroxyl groups is 1. The van der Waals surface area contributed by atoms with Gasteiger partial charge in [-0.2, -0.15) is 0 Å². The first-order chi connectivity index (χ1) is 9.47. The number of esters is 1. The molecular formula is C14H27NO5. The molecule has 4 atom stereocenters. The lowest BCUT2D eigenvalue weighted by atomic mass is 9.99. The van der Waals surface area contributed by atoms with Crippen LogP contribution >= 0.6 is 0 Å². The second kappa shape index (κ2) is 8.56. The summed E-state index contributed by atoms with van der Waals surface area (Å²) in [5, 5.41) is 9.97. The molecule has 1 heterocycles. The summed E-state index contributed by atoms with van der Waals surface area (Å²) in [5.41, 5.74) is 0. The van der Waals surface area contributed by atoms with Crippen LogP contribution < -0.4 is 0 Å². The highest BCUT2D eigenvalue weighted by atomic mass is 16.5. The van der Waals surface area contributed by atoms with E-state index in [9.17, 15) is 9.90 Å². The van der Waals surface area contributed by atoms with Gasteiger partial charge in [-0.3, -0.25) is 9.69 Å². The Bertz CT molecular complexity index is 299. The van der Waals surface area contributed by atoms with E-state index in [1.807, 2.05) is 13.8 Å². The van der Waals surface area contributed by atoms with Crippen LogP contribution in [0.5, 0.6) is 0 Å². The Labute approximate surface area is 121 Å². The predicted molar refractivity (Wildman–Crippen MR) is 74.4 cm³/mol. The maximum atomic E-state index is 11.6. The molecule has 0 spiro atoms. The summed E-state index contributed by atoms with van der Waals surface area (Å²) in [5.74, 6) is -0.0111. The lowest BCUT2D eigenvalue weighted by Crippen LogP contribution is -2.35. The first-order valence-electron chi connectivity index (χ1n) is 7.06. The van der Waals surface area contributed by atoms with E-state index in [0.717, 1.165) is 6.54 Å². The monoisotopic (exact) mass is 289 g/mol. The summed E-state index contributed by atoms with van der Waals surface area (Å²) in [6.45, 7) is 6.67. The average Bonchev–Trinajstić information content (AvgIpc) is 2.76. The molecule has 1 aliphatic heterocycles. The number of hydrogen-bond acceptors (Lipinski definition) is 6. The second-order valence-electron chi connectivity index (χ2n) is 5.58. The fourth-order valence-electron chi connectivity index (χ4n) is 2.58. The van der Waals surface area contributed by atoms with Crippen LogP contribution in [0.1, 0.15) is 13.8 Å². The number of aliphatic hydroxyl groups excluding tert-OH is 1. The van der Waals surface area contributed by atoms with Crippen molar-refractivity contribution in [1.29, 1.82) is 0 Å². The molecule has 4 unspecified atom stereocenters. The third-order valence-corrected chi connectivity index (χ3v) is 3.64. The molecule has 6 nitrogen and oxygen atoms in total. The fraction of sp³-hybridized carbons (Fsp3) is 0.929. The maximum absolute atomic E-state index is 11.6. The Morgan fingerprint density at radius 1 is 1.35 bits per heavy atom. The number of hydrogen-bond donors (Lipinski definition) is 1. The predicted octanol–water partition coefficient (Wildman–Crippen LogP) is 0.140. The van der Waals surface area contributed by atoms with Crippen molar-refractivity contribution < 1.29 is 24.1 Å². The topological polar surface area (TPSA) is 68.2 Å². The van der Waals surface area contributed by atoms with Crippen LogP contribution in [-0.2, 0) is 19.0 Å². The fourth-order valence-corrected chi connectivity index (χ4v) is 2.58. The van der Waals surface area contributed by atoms with Crippen LogP contribution in [0.4, 0.5) is 0 Å². The van der Waals surface area contributed by atoms with E-state index in [0.29, 0.717) is 19.7 Å². The molecule has 118 valence electrons. The van der Waals surface area contributed by atoms with Gasteiger partial charge in [-0.1, -0.05) is 6.92 Å². The molecule has 0 bridgehead atoms. The highest BCUT2D eigenvalue weighted by Gasteiger charge is 2.35. The number of methoxy groups -OCH3 is 2. The number of β-amino-alcohol motifs (C(OH)–C–C–N with tert-alkyl or cyclic N) is 1. The molecule has 1 saturated heterocycles. The highest BCUT2D eigenvalue weighted by Crippen LogP contribution is 2.24. The minimum Gasteiger partial charge on any atom is -0.469 e. The Balaban J connectivity index is 2.29. The Morgan fingerprint density at radius 2 is 2.05 bits per heavy atom. The summed E-state index contributed by atoms with van der Waals surface area (Å²) >= 11 is 0. The lowest BCUT2D eigenvalue weighted by molar-refractivity contribution is -0.146. The molecule has 0 aromatic heterocycles. The third kappa shape index (κ3) is 5.36. The van der Waals surface area contributed by atoms with Gasteiger partial charge >= 0.3 is 5.97 Å². The average molecular weight is 289 g/mol. The first kappa shape index (κ1) is 17.4.